The van der Waals surface area contributed by atoms with Gasteiger partial charge in [0.05, 0.1) is 44.6 Å². The molecule has 0 radical (unpaired) electrons. The van der Waals surface area contributed by atoms with Gasteiger partial charge in [0.25, 0.3) is 11.8 Å². The van der Waals surface area contributed by atoms with E-state index in [-0.39, 0.29) is 30.5 Å². The van der Waals surface area contributed by atoms with Crippen LogP contribution in [0.25, 0.3) is 0 Å². The van der Waals surface area contributed by atoms with Crippen LogP contribution >= 0.6 is 0 Å². The molecule has 0 unspecified atom stereocenters. The molecule has 1 aliphatic heterocycles. The Morgan fingerprint density at radius 1 is 0.867 bits per heavy atom. The van der Waals surface area contributed by atoms with Crippen molar-refractivity contribution in [2.75, 3.05) is 34.5 Å². The number of fused-ring (bicyclic) bond motifs is 1. The summed E-state index contributed by atoms with van der Waals surface area (Å²) >= 11 is 0. The first kappa shape index (κ1) is 21.2. The average molecular weight is 413 g/mol. The maximum atomic E-state index is 12.4. The molecular formula is C22H23NO7. The lowest BCUT2D eigenvalue weighted by Gasteiger charge is -2.14. The zero-order chi connectivity index (χ0) is 21.7. The lowest BCUT2D eigenvalue weighted by atomic mass is 10.1. The van der Waals surface area contributed by atoms with Crippen molar-refractivity contribution in [2.24, 2.45) is 0 Å². The van der Waals surface area contributed by atoms with Crippen LogP contribution in [0.2, 0.25) is 0 Å². The van der Waals surface area contributed by atoms with Crippen LogP contribution in [-0.2, 0) is 4.74 Å². The Kier molecular flexibility index (Phi) is 6.56. The van der Waals surface area contributed by atoms with Crippen LogP contribution in [0.15, 0.2) is 36.4 Å². The van der Waals surface area contributed by atoms with Crippen LogP contribution in [0.5, 0.6) is 17.2 Å². The molecule has 2 aromatic rings. The normalized spacial score (nSPS) is 12.6. The number of esters is 1. The summed E-state index contributed by atoms with van der Waals surface area (Å²) in [6, 6.07) is 9.79. The van der Waals surface area contributed by atoms with Gasteiger partial charge < -0.3 is 18.9 Å². The van der Waals surface area contributed by atoms with Crippen molar-refractivity contribution in [3.63, 3.8) is 0 Å². The van der Waals surface area contributed by atoms with Crippen molar-refractivity contribution < 1.29 is 33.3 Å². The van der Waals surface area contributed by atoms with Gasteiger partial charge >= 0.3 is 5.97 Å². The average Bonchev–Trinajstić information content (AvgIpc) is 3.02. The van der Waals surface area contributed by atoms with Crippen molar-refractivity contribution in [2.45, 2.75) is 12.8 Å². The standard InChI is InChI=1S/C22H23NO7/c1-27-17-12-14(13-18(28-2)19(17)29-3)22(26)30-11-7-6-10-23-20(24)15-8-4-5-9-16(15)21(23)25/h4-5,8-9,12-13H,6-7,10-11H2,1-3H3. The third-order valence-electron chi connectivity index (χ3n) is 4.79. The van der Waals surface area contributed by atoms with Crippen LogP contribution in [0, 0.1) is 0 Å². The number of hydrogen-bond donors (Lipinski definition) is 0. The number of unbranched alkanes of at least 4 members (excludes halogenated alkanes) is 1. The molecule has 0 saturated carbocycles. The Balaban J connectivity index is 1.51. The Morgan fingerprint density at radius 2 is 1.43 bits per heavy atom. The minimum atomic E-state index is -0.532. The first-order valence-electron chi connectivity index (χ1n) is 9.44. The second kappa shape index (κ2) is 9.30. The largest absolute Gasteiger partial charge is 0.493 e. The van der Waals surface area contributed by atoms with E-state index in [1.54, 1.807) is 24.3 Å². The molecule has 158 valence electrons. The first-order chi connectivity index (χ1) is 14.5. The van der Waals surface area contributed by atoms with Crippen LogP contribution in [0.4, 0.5) is 0 Å². The number of rotatable bonds is 9. The summed E-state index contributed by atoms with van der Waals surface area (Å²) in [5, 5.41) is 0. The number of carbonyl (C=O) groups excluding carboxylic acids is 3. The third kappa shape index (κ3) is 4.07. The number of benzene rings is 2. The maximum absolute atomic E-state index is 12.4. The highest BCUT2D eigenvalue weighted by Crippen LogP contribution is 2.38. The van der Waals surface area contributed by atoms with Crippen molar-refractivity contribution in [1.82, 2.24) is 4.90 Å². The summed E-state index contributed by atoms with van der Waals surface area (Å²) in [4.78, 5) is 38.2. The summed E-state index contributed by atoms with van der Waals surface area (Å²) < 4.78 is 21.0. The van der Waals surface area contributed by atoms with E-state index in [0.29, 0.717) is 41.2 Å². The zero-order valence-electron chi connectivity index (χ0n) is 17.1. The predicted octanol–water partition coefficient (Wildman–Crippen LogP) is 2.95. The Bertz CT molecular complexity index is 910. The highest BCUT2D eigenvalue weighted by molar-refractivity contribution is 6.21. The van der Waals surface area contributed by atoms with Crippen LogP contribution < -0.4 is 14.2 Å². The second-order valence-corrected chi connectivity index (χ2v) is 6.56. The van der Waals surface area contributed by atoms with E-state index in [4.69, 9.17) is 18.9 Å². The first-order valence-corrected chi connectivity index (χ1v) is 9.44. The lowest BCUT2D eigenvalue weighted by Crippen LogP contribution is -2.30. The van der Waals surface area contributed by atoms with E-state index in [0.717, 1.165) is 0 Å². The molecule has 30 heavy (non-hydrogen) atoms. The van der Waals surface area contributed by atoms with Gasteiger partial charge in [-0.25, -0.2) is 4.79 Å². The van der Waals surface area contributed by atoms with Crippen molar-refractivity contribution >= 4 is 17.8 Å². The number of amides is 2. The number of ether oxygens (including phenoxy) is 4. The quantitative estimate of drug-likeness (QED) is 0.355. The van der Waals surface area contributed by atoms with Gasteiger partial charge in [0.15, 0.2) is 11.5 Å². The van der Waals surface area contributed by atoms with Crippen LogP contribution in [0.1, 0.15) is 43.9 Å². The lowest BCUT2D eigenvalue weighted by molar-refractivity contribution is 0.0485. The van der Waals surface area contributed by atoms with Gasteiger partial charge in [-0.05, 0) is 37.1 Å². The second-order valence-electron chi connectivity index (χ2n) is 6.56. The molecule has 0 fully saturated rings. The van der Waals surface area contributed by atoms with Gasteiger partial charge in [-0.2, -0.15) is 0 Å². The van der Waals surface area contributed by atoms with E-state index in [9.17, 15) is 14.4 Å². The monoisotopic (exact) mass is 413 g/mol. The topological polar surface area (TPSA) is 91.4 Å². The molecular weight excluding hydrogens is 390 g/mol. The zero-order valence-corrected chi connectivity index (χ0v) is 17.1. The molecule has 2 aromatic carbocycles. The number of imide groups is 1. The Morgan fingerprint density at radius 3 is 1.93 bits per heavy atom. The molecule has 1 heterocycles. The highest BCUT2D eigenvalue weighted by Gasteiger charge is 2.34. The Labute approximate surface area is 174 Å². The van der Waals surface area contributed by atoms with Crippen molar-refractivity contribution in [1.29, 1.82) is 0 Å². The molecule has 1 aliphatic rings. The van der Waals surface area contributed by atoms with E-state index < -0.39 is 5.97 Å². The molecule has 0 saturated heterocycles. The minimum absolute atomic E-state index is 0.151. The summed E-state index contributed by atoms with van der Waals surface area (Å²) in [6.07, 6.45) is 1.03. The predicted molar refractivity (Wildman–Crippen MR) is 107 cm³/mol. The molecule has 8 nitrogen and oxygen atoms in total. The van der Waals surface area contributed by atoms with E-state index in [1.165, 1.54) is 38.4 Å². The third-order valence-corrected chi connectivity index (χ3v) is 4.79. The molecule has 3 rings (SSSR count). The number of carbonyl (C=O) groups is 3. The van der Waals surface area contributed by atoms with Crippen LogP contribution in [-0.4, -0.2) is 57.2 Å². The molecule has 0 bridgehead atoms. The van der Waals surface area contributed by atoms with Gasteiger partial charge in [0.2, 0.25) is 5.75 Å². The molecule has 0 aliphatic carbocycles. The van der Waals surface area contributed by atoms with Gasteiger partial charge in [0, 0.05) is 6.54 Å². The van der Waals surface area contributed by atoms with Crippen molar-refractivity contribution in [3.8, 4) is 17.2 Å². The summed E-state index contributed by atoms with van der Waals surface area (Å²) in [6.45, 7) is 0.423. The molecule has 0 aromatic heterocycles. The SMILES string of the molecule is COc1cc(C(=O)OCCCCN2C(=O)c3ccccc3C2=O)cc(OC)c1OC. The van der Waals surface area contributed by atoms with Crippen molar-refractivity contribution in [3.05, 3.63) is 53.1 Å². The fourth-order valence-electron chi connectivity index (χ4n) is 3.26. The molecule has 8 heteroatoms. The molecule has 0 spiro atoms. The summed E-state index contributed by atoms with van der Waals surface area (Å²) in [5.41, 5.74) is 1.12. The smallest absolute Gasteiger partial charge is 0.338 e. The Hall–Kier alpha value is -3.55. The summed E-state index contributed by atoms with van der Waals surface area (Å²) in [5.74, 6) is -0.00800. The van der Waals surface area contributed by atoms with E-state index >= 15 is 0 Å². The maximum Gasteiger partial charge on any atom is 0.338 e. The van der Waals surface area contributed by atoms with Crippen LogP contribution in [0.3, 0.4) is 0 Å². The van der Waals surface area contributed by atoms with Gasteiger partial charge in [0.1, 0.15) is 0 Å². The fraction of sp³-hybridized carbons (Fsp3) is 0.318. The summed E-state index contributed by atoms with van der Waals surface area (Å²) in [7, 11) is 4.41. The number of hydrogen-bond acceptors (Lipinski definition) is 7. The van der Waals surface area contributed by atoms with Gasteiger partial charge in [-0.15, -0.1) is 0 Å². The molecule has 0 atom stereocenters. The molecule has 2 amide bonds. The number of nitrogens with zero attached hydrogens (tertiary/aromatic N) is 1. The van der Waals surface area contributed by atoms with Gasteiger partial charge in [-0.1, -0.05) is 12.1 Å². The van der Waals surface area contributed by atoms with Gasteiger partial charge in [-0.3, -0.25) is 14.5 Å². The van der Waals surface area contributed by atoms with E-state index in [1.807, 2.05) is 0 Å². The fourth-order valence-corrected chi connectivity index (χ4v) is 3.26. The molecule has 0 N–H and O–H groups in total. The van der Waals surface area contributed by atoms with E-state index in [2.05, 4.69) is 0 Å². The number of methoxy groups -OCH3 is 3. The minimum Gasteiger partial charge on any atom is -0.493 e. The highest BCUT2D eigenvalue weighted by atomic mass is 16.5.